The summed E-state index contributed by atoms with van der Waals surface area (Å²) in [6.07, 6.45) is 6.77. The van der Waals surface area contributed by atoms with Crippen LogP contribution in [0.3, 0.4) is 0 Å². The fraction of sp³-hybridized carbons (Fsp3) is 0.688. The molecular weight excluding hydrogens is 268 g/mol. The van der Waals surface area contributed by atoms with Gasteiger partial charge in [-0.2, -0.15) is 0 Å². The van der Waals surface area contributed by atoms with Gasteiger partial charge in [0.25, 0.3) is 0 Å². The van der Waals surface area contributed by atoms with Crippen molar-refractivity contribution >= 4 is 5.91 Å². The van der Waals surface area contributed by atoms with Gasteiger partial charge < -0.3 is 19.4 Å². The molecule has 2 heterocycles. The van der Waals surface area contributed by atoms with Gasteiger partial charge in [0.15, 0.2) is 0 Å². The summed E-state index contributed by atoms with van der Waals surface area (Å²) in [5.74, 6) is 1.04. The molecule has 0 atom stereocenters. The first-order valence-corrected chi connectivity index (χ1v) is 7.97. The van der Waals surface area contributed by atoms with Crippen molar-refractivity contribution in [2.45, 2.75) is 50.8 Å². The van der Waals surface area contributed by atoms with Crippen molar-refractivity contribution in [3.05, 3.63) is 24.2 Å². The molecule has 1 aliphatic carbocycles. The molecule has 2 aliphatic rings. The summed E-state index contributed by atoms with van der Waals surface area (Å²) >= 11 is 0. The minimum Gasteiger partial charge on any atom is -0.467 e. The number of amides is 1. The number of nitrogens with zero attached hydrogens (tertiary/aromatic N) is 1. The molecule has 0 spiro atoms. The highest BCUT2D eigenvalue weighted by atomic mass is 16.5. The van der Waals surface area contributed by atoms with E-state index in [1.54, 1.807) is 6.26 Å². The van der Waals surface area contributed by atoms with Gasteiger partial charge in [-0.3, -0.25) is 4.79 Å². The second kappa shape index (κ2) is 7.09. The number of furan rings is 1. The second-order valence-electron chi connectivity index (χ2n) is 5.90. The Labute approximate surface area is 125 Å². The highest BCUT2D eigenvalue weighted by Crippen LogP contribution is 2.29. The predicted molar refractivity (Wildman–Crippen MR) is 78.7 cm³/mol. The van der Waals surface area contributed by atoms with E-state index in [1.807, 2.05) is 17.0 Å². The molecule has 1 aromatic heterocycles. The van der Waals surface area contributed by atoms with E-state index >= 15 is 0 Å². The van der Waals surface area contributed by atoms with Crippen molar-refractivity contribution in [1.82, 2.24) is 10.2 Å². The van der Waals surface area contributed by atoms with Gasteiger partial charge in [-0.15, -0.1) is 0 Å². The Morgan fingerprint density at radius 2 is 2.14 bits per heavy atom. The molecular formula is C16H24N2O3. The zero-order chi connectivity index (χ0) is 14.5. The van der Waals surface area contributed by atoms with Gasteiger partial charge in [-0.25, -0.2) is 0 Å². The molecule has 21 heavy (non-hydrogen) atoms. The monoisotopic (exact) mass is 292 g/mol. The minimum atomic E-state index is 0.183. The Balaban J connectivity index is 1.43. The number of hydrogen-bond acceptors (Lipinski definition) is 4. The number of rotatable bonds is 7. The maximum Gasteiger partial charge on any atom is 0.225 e. The molecule has 5 nitrogen and oxygen atoms in total. The van der Waals surface area contributed by atoms with Crippen molar-refractivity contribution in [2.24, 2.45) is 0 Å². The Morgan fingerprint density at radius 1 is 1.33 bits per heavy atom. The van der Waals surface area contributed by atoms with Crippen LogP contribution >= 0.6 is 0 Å². The topological polar surface area (TPSA) is 54.7 Å². The van der Waals surface area contributed by atoms with Crippen LogP contribution in [-0.2, 0) is 16.1 Å². The van der Waals surface area contributed by atoms with Crippen LogP contribution in [0, 0.1) is 0 Å². The highest BCUT2D eigenvalue weighted by molar-refractivity contribution is 5.76. The molecule has 0 aromatic carbocycles. The average Bonchev–Trinajstić information content (AvgIpc) is 3.22. The largest absolute Gasteiger partial charge is 0.467 e. The lowest BCUT2D eigenvalue weighted by atomic mass is 10.1. The third kappa shape index (κ3) is 4.32. The normalized spacial score (nSPS) is 19.6. The van der Waals surface area contributed by atoms with E-state index in [2.05, 4.69) is 5.32 Å². The first-order valence-electron chi connectivity index (χ1n) is 7.97. The molecule has 2 fully saturated rings. The summed E-state index contributed by atoms with van der Waals surface area (Å²) in [5, 5.41) is 3.31. The van der Waals surface area contributed by atoms with Crippen molar-refractivity contribution < 1.29 is 13.9 Å². The fourth-order valence-electron chi connectivity index (χ4n) is 2.80. The Bertz CT molecular complexity index is 436. The molecule has 5 heteroatoms. The first kappa shape index (κ1) is 14.6. The van der Waals surface area contributed by atoms with Crippen molar-refractivity contribution in [3.8, 4) is 0 Å². The molecule has 1 aromatic rings. The molecule has 0 radical (unpaired) electrons. The van der Waals surface area contributed by atoms with Gasteiger partial charge in [-0.1, -0.05) is 0 Å². The fourth-order valence-corrected chi connectivity index (χ4v) is 2.80. The summed E-state index contributed by atoms with van der Waals surface area (Å²) in [7, 11) is 0. The van der Waals surface area contributed by atoms with Crippen LogP contribution < -0.4 is 5.32 Å². The van der Waals surface area contributed by atoms with Gasteiger partial charge >= 0.3 is 0 Å². The molecule has 1 amide bonds. The highest BCUT2D eigenvalue weighted by Gasteiger charge is 2.32. The van der Waals surface area contributed by atoms with E-state index in [-0.39, 0.29) is 5.91 Å². The van der Waals surface area contributed by atoms with E-state index in [0.29, 0.717) is 31.7 Å². The van der Waals surface area contributed by atoms with Crippen LogP contribution in [0.25, 0.3) is 0 Å². The van der Waals surface area contributed by atoms with Gasteiger partial charge in [0, 0.05) is 6.04 Å². The molecule has 3 rings (SSSR count). The number of piperidine rings is 1. The number of hydrogen-bond donors (Lipinski definition) is 1. The Kier molecular flexibility index (Phi) is 4.93. The van der Waals surface area contributed by atoms with Gasteiger partial charge in [0.1, 0.15) is 5.76 Å². The Hall–Kier alpha value is -1.33. The molecule has 1 N–H and O–H groups in total. The van der Waals surface area contributed by atoms with Crippen LogP contribution in [0.15, 0.2) is 22.8 Å². The number of carbonyl (C=O) groups excluding carboxylic acids is 1. The average molecular weight is 292 g/mol. The Morgan fingerprint density at radius 3 is 2.81 bits per heavy atom. The SMILES string of the molecule is O=C(CCOC1CCNCC1)N(Cc1ccco1)C1CC1. The molecule has 0 bridgehead atoms. The quantitative estimate of drug-likeness (QED) is 0.834. The van der Waals surface area contributed by atoms with E-state index in [4.69, 9.17) is 9.15 Å². The van der Waals surface area contributed by atoms with Gasteiger partial charge in [-0.05, 0) is 50.9 Å². The zero-order valence-electron chi connectivity index (χ0n) is 12.4. The molecule has 0 unspecified atom stereocenters. The van der Waals surface area contributed by atoms with Crippen molar-refractivity contribution in [1.29, 1.82) is 0 Å². The maximum absolute atomic E-state index is 12.4. The summed E-state index contributed by atoms with van der Waals surface area (Å²) < 4.78 is 11.2. The van der Waals surface area contributed by atoms with Crippen LogP contribution in [0.1, 0.15) is 37.9 Å². The van der Waals surface area contributed by atoms with Crippen LogP contribution in [0.4, 0.5) is 0 Å². The second-order valence-corrected chi connectivity index (χ2v) is 5.90. The summed E-state index contributed by atoms with van der Waals surface area (Å²) in [6.45, 7) is 3.16. The van der Waals surface area contributed by atoms with Gasteiger partial charge in [0.05, 0.1) is 31.9 Å². The van der Waals surface area contributed by atoms with E-state index in [1.165, 1.54) is 0 Å². The van der Waals surface area contributed by atoms with Crippen LogP contribution in [0.2, 0.25) is 0 Å². The standard InChI is InChI=1S/C16H24N2O3/c19-16(7-11-21-14-5-8-17-9-6-14)18(13-3-4-13)12-15-2-1-10-20-15/h1-2,10,13-14,17H,3-9,11-12H2. The lowest BCUT2D eigenvalue weighted by molar-refractivity contribution is -0.134. The molecule has 1 aliphatic heterocycles. The van der Waals surface area contributed by atoms with Crippen molar-refractivity contribution in [2.75, 3.05) is 19.7 Å². The molecule has 1 saturated heterocycles. The third-order valence-corrected chi connectivity index (χ3v) is 4.17. The summed E-state index contributed by atoms with van der Waals surface area (Å²) in [4.78, 5) is 14.3. The third-order valence-electron chi connectivity index (χ3n) is 4.17. The smallest absolute Gasteiger partial charge is 0.225 e. The number of nitrogens with one attached hydrogen (secondary N) is 1. The van der Waals surface area contributed by atoms with E-state index < -0.39 is 0 Å². The lowest BCUT2D eigenvalue weighted by Gasteiger charge is -2.24. The van der Waals surface area contributed by atoms with Gasteiger partial charge in [0.2, 0.25) is 5.91 Å². The zero-order valence-corrected chi connectivity index (χ0v) is 12.4. The van der Waals surface area contributed by atoms with E-state index in [0.717, 1.165) is 44.5 Å². The maximum atomic E-state index is 12.4. The van der Waals surface area contributed by atoms with Crippen molar-refractivity contribution in [3.63, 3.8) is 0 Å². The predicted octanol–water partition coefficient (Wildman–Crippen LogP) is 1.93. The van der Waals surface area contributed by atoms with Crippen LogP contribution in [-0.4, -0.2) is 42.6 Å². The number of ether oxygens (including phenoxy) is 1. The van der Waals surface area contributed by atoms with E-state index in [9.17, 15) is 4.79 Å². The number of carbonyl (C=O) groups is 1. The lowest BCUT2D eigenvalue weighted by Crippen LogP contribution is -2.35. The summed E-state index contributed by atoms with van der Waals surface area (Å²) in [5.41, 5.74) is 0. The summed E-state index contributed by atoms with van der Waals surface area (Å²) in [6, 6.07) is 4.20. The molecule has 116 valence electrons. The first-order chi connectivity index (χ1) is 10.3. The minimum absolute atomic E-state index is 0.183. The van der Waals surface area contributed by atoms with Crippen LogP contribution in [0.5, 0.6) is 0 Å². The molecule has 1 saturated carbocycles.